The Morgan fingerprint density at radius 1 is 1.23 bits per heavy atom. The zero-order valence-corrected chi connectivity index (χ0v) is 12.7. The summed E-state index contributed by atoms with van der Waals surface area (Å²) in [5.74, 6) is 0.913. The molecule has 4 heterocycles. The Morgan fingerprint density at radius 3 is 2.91 bits per heavy atom. The highest BCUT2D eigenvalue weighted by atomic mass is 16.2. The number of fused-ring (bicyclic) bond motifs is 2. The zero-order chi connectivity index (χ0) is 15.3. The van der Waals surface area contributed by atoms with Crippen molar-refractivity contribution in [3.63, 3.8) is 0 Å². The first kappa shape index (κ1) is 13.1. The fourth-order valence-electron chi connectivity index (χ4n) is 3.38. The maximum absolute atomic E-state index is 13.0. The van der Waals surface area contributed by atoms with E-state index >= 15 is 0 Å². The van der Waals surface area contributed by atoms with Crippen LogP contribution < -0.4 is 4.90 Å². The number of amides is 1. The van der Waals surface area contributed by atoms with E-state index in [-0.39, 0.29) is 11.9 Å². The van der Waals surface area contributed by atoms with E-state index in [0.717, 1.165) is 17.8 Å². The Labute approximate surface area is 128 Å². The van der Waals surface area contributed by atoms with E-state index in [2.05, 4.69) is 18.9 Å². The van der Waals surface area contributed by atoms with Crippen molar-refractivity contribution >= 4 is 17.2 Å². The van der Waals surface area contributed by atoms with Crippen molar-refractivity contribution in [2.75, 3.05) is 4.90 Å². The molecule has 5 nitrogen and oxygen atoms in total. The quantitative estimate of drug-likeness (QED) is 0.692. The second kappa shape index (κ2) is 4.73. The van der Waals surface area contributed by atoms with Gasteiger partial charge in [0.1, 0.15) is 5.82 Å². The zero-order valence-electron chi connectivity index (χ0n) is 12.7. The Balaban J connectivity index is 1.77. The fraction of sp³-hybridized carbons (Fsp3) is 0.294. The molecule has 0 aromatic carbocycles. The molecule has 1 amide bonds. The first-order valence-electron chi connectivity index (χ1n) is 7.59. The van der Waals surface area contributed by atoms with Crippen molar-refractivity contribution in [3.05, 3.63) is 54.5 Å². The van der Waals surface area contributed by atoms with Crippen molar-refractivity contribution in [2.24, 2.45) is 0 Å². The summed E-state index contributed by atoms with van der Waals surface area (Å²) in [5.41, 5.74) is 1.73. The van der Waals surface area contributed by atoms with Gasteiger partial charge in [-0.25, -0.2) is 4.68 Å². The molecule has 5 heteroatoms. The molecule has 2 atom stereocenters. The van der Waals surface area contributed by atoms with Gasteiger partial charge in [0.15, 0.2) is 0 Å². The highest BCUT2D eigenvalue weighted by Gasteiger charge is 2.33. The average Bonchev–Trinajstić information content (AvgIpc) is 3.13. The first-order chi connectivity index (χ1) is 10.6. The Hall–Kier alpha value is -2.56. The van der Waals surface area contributed by atoms with Crippen molar-refractivity contribution in [1.82, 2.24) is 14.2 Å². The number of anilines is 1. The van der Waals surface area contributed by atoms with Crippen LogP contribution in [-0.2, 0) is 0 Å². The van der Waals surface area contributed by atoms with Gasteiger partial charge < -0.3 is 4.40 Å². The second-order valence-corrected chi connectivity index (χ2v) is 6.00. The maximum Gasteiger partial charge on any atom is 0.261 e. The van der Waals surface area contributed by atoms with Crippen LogP contribution in [0.2, 0.25) is 0 Å². The molecule has 22 heavy (non-hydrogen) atoms. The summed E-state index contributed by atoms with van der Waals surface area (Å²) in [6.45, 7) is 4.24. The molecule has 0 saturated heterocycles. The van der Waals surface area contributed by atoms with Gasteiger partial charge >= 0.3 is 0 Å². The number of carbonyl (C=O) groups is 1. The average molecular weight is 294 g/mol. The van der Waals surface area contributed by atoms with Crippen LogP contribution in [0.5, 0.6) is 0 Å². The molecule has 0 fully saturated rings. The third kappa shape index (κ3) is 1.85. The number of hydrogen-bond acceptors (Lipinski definition) is 2. The second-order valence-electron chi connectivity index (χ2n) is 6.00. The van der Waals surface area contributed by atoms with E-state index in [1.165, 1.54) is 0 Å². The summed E-state index contributed by atoms with van der Waals surface area (Å²) < 4.78 is 3.91. The maximum atomic E-state index is 13.0. The van der Waals surface area contributed by atoms with Crippen LogP contribution in [0.1, 0.15) is 36.7 Å². The lowest BCUT2D eigenvalue weighted by Gasteiger charge is -2.36. The van der Waals surface area contributed by atoms with Crippen LogP contribution >= 0.6 is 0 Å². The van der Waals surface area contributed by atoms with Gasteiger partial charge in [0.05, 0.1) is 17.8 Å². The number of rotatable bonds is 1. The molecule has 0 radical (unpaired) electrons. The normalized spacial score (nSPS) is 21.1. The number of pyridine rings is 1. The molecule has 4 rings (SSSR count). The molecule has 0 unspecified atom stereocenters. The van der Waals surface area contributed by atoms with Gasteiger partial charge in [-0.3, -0.25) is 9.69 Å². The molecule has 1 aliphatic heterocycles. The van der Waals surface area contributed by atoms with Gasteiger partial charge in [0.2, 0.25) is 0 Å². The summed E-state index contributed by atoms with van der Waals surface area (Å²) >= 11 is 0. The van der Waals surface area contributed by atoms with E-state index < -0.39 is 0 Å². The lowest BCUT2D eigenvalue weighted by atomic mass is 10.0. The van der Waals surface area contributed by atoms with Crippen LogP contribution in [0, 0.1) is 0 Å². The molecule has 0 aliphatic carbocycles. The molecular formula is C17H18N4O. The van der Waals surface area contributed by atoms with Gasteiger partial charge in [0.25, 0.3) is 5.91 Å². The van der Waals surface area contributed by atoms with Crippen LogP contribution in [0.25, 0.3) is 5.52 Å². The number of nitrogens with zero attached hydrogens (tertiary/aromatic N) is 4. The van der Waals surface area contributed by atoms with Crippen molar-refractivity contribution in [2.45, 2.75) is 32.4 Å². The minimum Gasteiger partial charge on any atom is -0.323 e. The summed E-state index contributed by atoms with van der Waals surface area (Å²) in [6, 6.07) is 10.3. The minimum absolute atomic E-state index is 0.0323. The monoisotopic (exact) mass is 294 g/mol. The molecule has 0 N–H and O–H groups in total. The van der Waals surface area contributed by atoms with Crippen molar-refractivity contribution in [1.29, 1.82) is 0 Å². The van der Waals surface area contributed by atoms with E-state index in [1.54, 1.807) is 6.20 Å². The Bertz CT molecular complexity index is 814. The van der Waals surface area contributed by atoms with E-state index in [9.17, 15) is 4.79 Å². The predicted molar refractivity (Wildman–Crippen MR) is 85.2 cm³/mol. The van der Waals surface area contributed by atoms with Crippen LogP contribution in [-0.4, -0.2) is 26.1 Å². The summed E-state index contributed by atoms with van der Waals surface area (Å²) in [4.78, 5) is 14.9. The smallest absolute Gasteiger partial charge is 0.261 e. The predicted octanol–water partition coefficient (Wildman–Crippen LogP) is 3.14. The topological polar surface area (TPSA) is 42.5 Å². The molecule has 112 valence electrons. The van der Waals surface area contributed by atoms with E-state index in [4.69, 9.17) is 0 Å². The highest BCUT2D eigenvalue weighted by molar-refractivity contribution is 6.07. The first-order valence-corrected chi connectivity index (χ1v) is 7.59. The Kier molecular flexibility index (Phi) is 2.82. The van der Waals surface area contributed by atoms with Gasteiger partial charge in [-0.05, 0) is 38.5 Å². The van der Waals surface area contributed by atoms with Crippen molar-refractivity contribution < 1.29 is 4.79 Å². The van der Waals surface area contributed by atoms with Gasteiger partial charge in [0, 0.05) is 30.0 Å². The van der Waals surface area contributed by atoms with Crippen LogP contribution in [0.4, 0.5) is 5.82 Å². The molecule has 1 aliphatic rings. The van der Waals surface area contributed by atoms with E-state index in [0.29, 0.717) is 11.6 Å². The summed E-state index contributed by atoms with van der Waals surface area (Å²) in [6.07, 6.45) is 6.52. The standard InChI is InChI=1S/C17H18N4O/c1-12-9-13(2)21-16(6-7-18-21)20(12)17(22)14-10-15-5-3-4-8-19(15)11-14/h3-8,10-13H,9H2,1-2H3/t12-,13-/m0/s1. The van der Waals surface area contributed by atoms with Crippen LogP contribution in [0.15, 0.2) is 48.9 Å². The summed E-state index contributed by atoms with van der Waals surface area (Å²) in [5, 5.41) is 4.36. The molecule has 3 aromatic heterocycles. The lowest BCUT2D eigenvalue weighted by molar-refractivity contribution is 0.0967. The third-order valence-electron chi connectivity index (χ3n) is 4.41. The van der Waals surface area contributed by atoms with Gasteiger partial charge in [-0.15, -0.1) is 0 Å². The SMILES string of the molecule is C[C@H]1C[C@H](C)n2nccc2N1C(=O)c1cc2ccccn2c1. The number of carbonyl (C=O) groups excluding carboxylic acids is 1. The molecular weight excluding hydrogens is 276 g/mol. The molecule has 0 bridgehead atoms. The molecule has 0 saturated carbocycles. The number of aromatic nitrogens is 3. The van der Waals surface area contributed by atoms with Crippen LogP contribution in [0.3, 0.4) is 0 Å². The molecule has 0 spiro atoms. The fourth-order valence-corrected chi connectivity index (χ4v) is 3.38. The van der Waals surface area contributed by atoms with Gasteiger partial charge in [-0.1, -0.05) is 6.07 Å². The molecule has 3 aromatic rings. The lowest BCUT2D eigenvalue weighted by Crippen LogP contribution is -2.44. The van der Waals surface area contributed by atoms with E-state index in [1.807, 2.05) is 56.7 Å². The number of hydrogen-bond donors (Lipinski definition) is 0. The third-order valence-corrected chi connectivity index (χ3v) is 4.41. The Morgan fingerprint density at radius 2 is 2.09 bits per heavy atom. The van der Waals surface area contributed by atoms with Crippen molar-refractivity contribution in [3.8, 4) is 0 Å². The largest absolute Gasteiger partial charge is 0.323 e. The van der Waals surface area contributed by atoms with Gasteiger partial charge in [-0.2, -0.15) is 5.10 Å². The minimum atomic E-state index is 0.0323. The highest BCUT2D eigenvalue weighted by Crippen LogP contribution is 2.32. The summed E-state index contributed by atoms with van der Waals surface area (Å²) in [7, 11) is 0.